The average Bonchev–Trinajstić information content (AvgIpc) is 2.62. The number of carbonyl (C=O) groups is 1. The van der Waals surface area contributed by atoms with Crippen molar-refractivity contribution >= 4 is 6.03 Å². The second-order valence-electron chi connectivity index (χ2n) is 6.07. The SMILES string of the molecule is CC(NC(=O)N(CCO)Cc1ccccc1)C(C)c1ccccc1. The number of aliphatic hydroxyl groups is 1. The molecule has 0 spiro atoms. The van der Waals surface area contributed by atoms with E-state index in [1.165, 1.54) is 5.56 Å². The minimum absolute atomic E-state index is 0.00290. The molecule has 0 fully saturated rings. The number of aliphatic hydroxyl groups excluding tert-OH is 1. The van der Waals surface area contributed by atoms with Gasteiger partial charge in [0.15, 0.2) is 0 Å². The van der Waals surface area contributed by atoms with E-state index >= 15 is 0 Å². The molecule has 0 aromatic heterocycles. The highest BCUT2D eigenvalue weighted by Gasteiger charge is 2.20. The molecule has 0 aliphatic carbocycles. The fraction of sp³-hybridized carbons (Fsp3) is 0.350. The van der Waals surface area contributed by atoms with Gasteiger partial charge < -0.3 is 15.3 Å². The first-order chi connectivity index (χ1) is 11.6. The van der Waals surface area contributed by atoms with E-state index in [0.717, 1.165) is 5.56 Å². The fourth-order valence-corrected chi connectivity index (χ4v) is 2.63. The lowest BCUT2D eigenvalue weighted by Gasteiger charge is -2.27. The Bertz CT molecular complexity index is 616. The van der Waals surface area contributed by atoms with Crippen molar-refractivity contribution in [3.63, 3.8) is 0 Å². The second-order valence-corrected chi connectivity index (χ2v) is 6.07. The second kappa shape index (κ2) is 9.08. The molecule has 2 rings (SSSR count). The first kappa shape index (κ1) is 18.0. The molecule has 0 aliphatic rings. The average molecular weight is 326 g/mol. The number of hydrogen-bond donors (Lipinski definition) is 2. The standard InChI is InChI=1S/C20H26N2O2/c1-16(19-11-7-4-8-12-19)17(2)21-20(24)22(13-14-23)15-18-9-5-3-6-10-18/h3-12,16-17,23H,13-15H2,1-2H3,(H,21,24). The van der Waals surface area contributed by atoms with Crippen LogP contribution >= 0.6 is 0 Å². The van der Waals surface area contributed by atoms with Crippen LogP contribution in [0.15, 0.2) is 60.7 Å². The van der Waals surface area contributed by atoms with Crippen LogP contribution in [0.25, 0.3) is 0 Å². The minimum Gasteiger partial charge on any atom is -0.395 e. The Hall–Kier alpha value is -2.33. The molecule has 0 bridgehead atoms. The van der Waals surface area contributed by atoms with Crippen molar-refractivity contribution in [2.24, 2.45) is 0 Å². The molecule has 2 unspecified atom stereocenters. The number of hydrogen-bond acceptors (Lipinski definition) is 2. The third-order valence-corrected chi connectivity index (χ3v) is 4.30. The maximum atomic E-state index is 12.6. The van der Waals surface area contributed by atoms with Crippen LogP contribution in [-0.4, -0.2) is 35.2 Å². The van der Waals surface area contributed by atoms with E-state index in [1.807, 2.05) is 55.5 Å². The van der Waals surface area contributed by atoms with Crippen LogP contribution in [0.1, 0.15) is 30.9 Å². The summed E-state index contributed by atoms with van der Waals surface area (Å²) in [6, 6.07) is 19.8. The Morgan fingerprint density at radius 1 is 1.04 bits per heavy atom. The summed E-state index contributed by atoms with van der Waals surface area (Å²) in [5.74, 6) is 0.211. The molecular weight excluding hydrogens is 300 g/mol. The lowest BCUT2D eigenvalue weighted by molar-refractivity contribution is 0.170. The molecular formula is C20H26N2O2. The van der Waals surface area contributed by atoms with Gasteiger partial charge >= 0.3 is 6.03 Å². The van der Waals surface area contributed by atoms with E-state index in [1.54, 1.807) is 4.90 Å². The molecule has 0 saturated heterocycles. The predicted molar refractivity (Wildman–Crippen MR) is 96.8 cm³/mol. The van der Waals surface area contributed by atoms with E-state index < -0.39 is 0 Å². The highest BCUT2D eigenvalue weighted by molar-refractivity contribution is 5.74. The Morgan fingerprint density at radius 3 is 2.21 bits per heavy atom. The zero-order chi connectivity index (χ0) is 17.4. The lowest BCUT2D eigenvalue weighted by Crippen LogP contribution is -2.46. The molecule has 2 amide bonds. The molecule has 2 atom stereocenters. The van der Waals surface area contributed by atoms with Crippen molar-refractivity contribution in [1.29, 1.82) is 0 Å². The van der Waals surface area contributed by atoms with Crippen molar-refractivity contribution in [2.45, 2.75) is 32.4 Å². The number of benzene rings is 2. The van der Waals surface area contributed by atoms with Crippen LogP contribution in [0, 0.1) is 0 Å². The summed E-state index contributed by atoms with van der Waals surface area (Å²) >= 11 is 0. The van der Waals surface area contributed by atoms with Crippen LogP contribution in [0.5, 0.6) is 0 Å². The highest BCUT2D eigenvalue weighted by atomic mass is 16.3. The number of carbonyl (C=O) groups excluding carboxylic acids is 1. The molecule has 0 saturated carbocycles. The van der Waals surface area contributed by atoms with Gasteiger partial charge in [0.25, 0.3) is 0 Å². The molecule has 2 aromatic carbocycles. The highest BCUT2D eigenvalue weighted by Crippen LogP contribution is 2.18. The molecule has 4 heteroatoms. The summed E-state index contributed by atoms with van der Waals surface area (Å²) in [4.78, 5) is 14.2. The van der Waals surface area contributed by atoms with Gasteiger partial charge in [-0.3, -0.25) is 0 Å². The van der Waals surface area contributed by atoms with Crippen molar-refractivity contribution in [2.75, 3.05) is 13.2 Å². The van der Waals surface area contributed by atoms with Gasteiger partial charge in [-0.2, -0.15) is 0 Å². The van der Waals surface area contributed by atoms with Gasteiger partial charge in [0.2, 0.25) is 0 Å². The smallest absolute Gasteiger partial charge is 0.318 e. The molecule has 2 aromatic rings. The summed E-state index contributed by atoms with van der Waals surface area (Å²) in [6.07, 6.45) is 0. The number of rotatable bonds is 7. The quantitative estimate of drug-likeness (QED) is 0.819. The van der Waals surface area contributed by atoms with Gasteiger partial charge in [0.05, 0.1) is 6.61 Å². The fourth-order valence-electron chi connectivity index (χ4n) is 2.63. The van der Waals surface area contributed by atoms with Gasteiger partial charge in [-0.25, -0.2) is 4.79 Å². The molecule has 24 heavy (non-hydrogen) atoms. The van der Waals surface area contributed by atoms with Gasteiger partial charge in [-0.15, -0.1) is 0 Å². The molecule has 0 heterocycles. The van der Waals surface area contributed by atoms with Crippen molar-refractivity contribution in [3.8, 4) is 0 Å². The van der Waals surface area contributed by atoms with Gasteiger partial charge in [0, 0.05) is 25.0 Å². The van der Waals surface area contributed by atoms with Crippen LogP contribution in [0.4, 0.5) is 4.79 Å². The van der Waals surface area contributed by atoms with Crippen LogP contribution in [-0.2, 0) is 6.54 Å². The summed E-state index contributed by atoms with van der Waals surface area (Å²) in [7, 11) is 0. The van der Waals surface area contributed by atoms with Crippen LogP contribution < -0.4 is 5.32 Å². The number of nitrogens with one attached hydrogen (secondary N) is 1. The van der Waals surface area contributed by atoms with Gasteiger partial charge in [-0.05, 0) is 18.1 Å². The Balaban J connectivity index is 1.99. The van der Waals surface area contributed by atoms with E-state index in [4.69, 9.17) is 0 Å². The van der Waals surface area contributed by atoms with Gasteiger partial charge in [-0.1, -0.05) is 67.6 Å². The molecule has 0 radical (unpaired) electrons. The summed E-state index contributed by atoms with van der Waals surface area (Å²) in [5.41, 5.74) is 2.24. The maximum absolute atomic E-state index is 12.6. The third-order valence-electron chi connectivity index (χ3n) is 4.30. The summed E-state index contributed by atoms with van der Waals surface area (Å²) < 4.78 is 0. The molecule has 128 valence electrons. The van der Waals surface area contributed by atoms with E-state index in [2.05, 4.69) is 24.4 Å². The molecule has 2 N–H and O–H groups in total. The lowest BCUT2D eigenvalue weighted by atomic mass is 9.94. The number of amides is 2. The Labute approximate surface area is 144 Å². The van der Waals surface area contributed by atoms with Crippen molar-refractivity contribution < 1.29 is 9.90 Å². The van der Waals surface area contributed by atoms with E-state index in [9.17, 15) is 9.90 Å². The Morgan fingerprint density at radius 2 is 1.62 bits per heavy atom. The van der Waals surface area contributed by atoms with Crippen LogP contribution in [0.2, 0.25) is 0 Å². The molecule has 0 aliphatic heterocycles. The third kappa shape index (κ3) is 5.10. The maximum Gasteiger partial charge on any atom is 0.318 e. The van der Waals surface area contributed by atoms with E-state index in [0.29, 0.717) is 13.1 Å². The number of urea groups is 1. The van der Waals surface area contributed by atoms with Crippen molar-refractivity contribution in [1.82, 2.24) is 10.2 Å². The Kier molecular flexibility index (Phi) is 6.82. The normalized spacial score (nSPS) is 13.1. The number of nitrogens with zero attached hydrogens (tertiary/aromatic N) is 1. The van der Waals surface area contributed by atoms with Crippen LogP contribution in [0.3, 0.4) is 0 Å². The topological polar surface area (TPSA) is 52.6 Å². The first-order valence-corrected chi connectivity index (χ1v) is 8.37. The van der Waals surface area contributed by atoms with E-state index in [-0.39, 0.29) is 24.6 Å². The predicted octanol–water partition coefficient (Wildman–Crippen LogP) is 3.38. The van der Waals surface area contributed by atoms with Gasteiger partial charge in [0.1, 0.15) is 0 Å². The summed E-state index contributed by atoms with van der Waals surface area (Å²) in [6.45, 7) is 4.86. The summed E-state index contributed by atoms with van der Waals surface area (Å²) in [5, 5.41) is 12.3. The minimum atomic E-state index is -0.150. The zero-order valence-electron chi connectivity index (χ0n) is 14.4. The zero-order valence-corrected chi connectivity index (χ0v) is 14.4. The monoisotopic (exact) mass is 326 g/mol. The largest absolute Gasteiger partial charge is 0.395 e. The first-order valence-electron chi connectivity index (χ1n) is 8.37. The molecule has 4 nitrogen and oxygen atoms in total. The van der Waals surface area contributed by atoms with Crippen molar-refractivity contribution in [3.05, 3.63) is 71.8 Å².